The number of rotatable bonds is 4. The molecule has 0 radical (unpaired) electrons. The highest BCUT2D eigenvalue weighted by molar-refractivity contribution is 6.06. The van der Waals surface area contributed by atoms with Gasteiger partial charge in [-0.1, -0.05) is 44.9 Å². The van der Waals surface area contributed by atoms with Gasteiger partial charge in [0.15, 0.2) is 11.5 Å². The Morgan fingerprint density at radius 3 is 2.73 bits per heavy atom. The molecule has 0 aromatic carbocycles. The van der Waals surface area contributed by atoms with Crippen LogP contribution >= 0.6 is 0 Å². The summed E-state index contributed by atoms with van der Waals surface area (Å²) in [5.41, 5.74) is -1.70. The summed E-state index contributed by atoms with van der Waals surface area (Å²) in [4.78, 5) is 25.4. The van der Waals surface area contributed by atoms with Gasteiger partial charge in [-0.2, -0.15) is 5.10 Å². The van der Waals surface area contributed by atoms with Gasteiger partial charge in [-0.25, -0.2) is 14.6 Å². The number of ether oxygens (including phenoxy) is 1. The van der Waals surface area contributed by atoms with Crippen molar-refractivity contribution >= 4 is 17.6 Å². The van der Waals surface area contributed by atoms with E-state index in [1.54, 1.807) is 19.1 Å². The Hall–Kier alpha value is -2.32. The minimum atomic E-state index is -1.96. The second-order valence-electron chi connectivity index (χ2n) is 13.2. The molecule has 1 amide bonds. The predicted octanol–water partition coefficient (Wildman–Crippen LogP) is 5.72. The minimum Gasteiger partial charge on any atom is -0.441 e. The maximum atomic E-state index is 17.5. The summed E-state index contributed by atoms with van der Waals surface area (Å²) in [6.07, 6.45) is 14.0. The van der Waals surface area contributed by atoms with Crippen LogP contribution in [0.15, 0.2) is 41.1 Å². The molecule has 0 heterocycles. The number of aliphatic hydroxyl groups excluding tert-OH is 1. The van der Waals surface area contributed by atoms with Crippen molar-refractivity contribution in [1.29, 1.82) is 0 Å². The first kappa shape index (κ1) is 29.2. The number of aliphatic hydroxyl groups is 2. The Labute approximate surface area is 237 Å². The summed E-state index contributed by atoms with van der Waals surface area (Å²) < 4.78 is 23.0. The van der Waals surface area contributed by atoms with Crippen LogP contribution in [-0.2, 0) is 9.53 Å². The predicted molar refractivity (Wildman–Crippen MR) is 151 cm³/mol. The van der Waals surface area contributed by atoms with Crippen LogP contribution in [0, 0.1) is 28.6 Å². The van der Waals surface area contributed by atoms with Crippen molar-refractivity contribution in [3.8, 4) is 0 Å². The number of amides is 1. The lowest BCUT2D eigenvalue weighted by Crippen LogP contribution is -2.69. The molecule has 8 heteroatoms. The van der Waals surface area contributed by atoms with Gasteiger partial charge < -0.3 is 14.9 Å². The Morgan fingerprint density at radius 2 is 1.98 bits per heavy atom. The quantitative estimate of drug-likeness (QED) is 0.303. The number of alkyl halides is 1. The highest BCUT2D eigenvalue weighted by Crippen LogP contribution is 2.70. The molecule has 5 aliphatic rings. The molecule has 40 heavy (non-hydrogen) atoms. The van der Waals surface area contributed by atoms with E-state index in [1.165, 1.54) is 0 Å². The van der Waals surface area contributed by atoms with E-state index < -0.39 is 40.2 Å². The highest BCUT2D eigenvalue weighted by atomic mass is 19.1. The van der Waals surface area contributed by atoms with Gasteiger partial charge >= 0.3 is 6.09 Å². The van der Waals surface area contributed by atoms with Gasteiger partial charge in [0.2, 0.25) is 0 Å². The number of Topliss-reactive ketones (excluding diaryl/α,β-unsaturated/α-hetero) is 1. The molecule has 0 aromatic rings. The molecule has 3 fully saturated rings. The molecule has 0 aliphatic heterocycles. The van der Waals surface area contributed by atoms with Crippen molar-refractivity contribution in [2.24, 2.45) is 33.7 Å². The number of nitrogens with zero attached hydrogens (tertiary/aromatic N) is 1. The van der Waals surface area contributed by atoms with Gasteiger partial charge in [0.25, 0.3) is 0 Å². The third-order valence-electron chi connectivity index (χ3n) is 11.2. The third-order valence-corrected chi connectivity index (χ3v) is 11.2. The average molecular weight is 557 g/mol. The topological polar surface area (TPSA) is 108 Å². The zero-order valence-electron chi connectivity index (χ0n) is 24.3. The van der Waals surface area contributed by atoms with Crippen LogP contribution in [0.4, 0.5) is 9.18 Å². The molecule has 9 atom stereocenters. The Kier molecular flexibility index (Phi) is 7.66. The Balaban J connectivity index is 1.35. The fourth-order valence-corrected chi connectivity index (χ4v) is 8.99. The van der Waals surface area contributed by atoms with E-state index in [2.05, 4.69) is 16.6 Å². The van der Waals surface area contributed by atoms with Gasteiger partial charge in [-0.3, -0.25) is 4.79 Å². The molecule has 0 bridgehead atoms. The van der Waals surface area contributed by atoms with Gasteiger partial charge in [0, 0.05) is 23.2 Å². The molecule has 7 nitrogen and oxygen atoms in total. The lowest BCUT2D eigenvalue weighted by molar-refractivity contribution is -0.218. The summed E-state index contributed by atoms with van der Waals surface area (Å²) in [5, 5.41) is 27.5. The zero-order chi connectivity index (χ0) is 28.9. The number of fused-ring (bicyclic) bond motifs is 5. The van der Waals surface area contributed by atoms with E-state index in [0.29, 0.717) is 25.0 Å². The number of allylic oxidation sites excluding steroid dienone is 5. The molecule has 220 valence electrons. The molecule has 3 N–H and O–H groups in total. The van der Waals surface area contributed by atoms with Crippen LogP contribution < -0.4 is 5.43 Å². The normalized spacial score (nSPS) is 46.2. The third kappa shape index (κ3) is 4.23. The monoisotopic (exact) mass is 556 g/mol. The van der Waals surface area contributed by atoms with Crippen molar-refractivity contribution in [3.63, 3.8) is 0 Å². The van der Waals surface area contributed by atoms with Crippen LogP contribution in [0.2, 0.25) is 0 Å². The number of carbonyl (C=O) groups excluding carboxylic acids is 2. The second-order valence-corrected chi connectivity index (χ2v) is 13.2. The summed E-state index contributed by atoms with van der Waals surface area (Å²) >= 11 is 0. The van der Waals surface area contributed by atoms with Gasteiger partial charge in [0.05, 0.1) is 11.8 Å². The van der Waals surface area contributed by atoms with Crippen LogP contribution in [0.5, 0.6) is 0 Å². The molecule has 5 rings (SSSR count). The number of hydrogen-bond acceptors (Lipinski definition) is 6. The van der Waals surface area contributed by atoms with Crippen LogP contribution in [0.3, 0.4) is 0 Å². The number of ketones is 1. The zero-order valence-corrected chi connectivity index (χ0v) is 24.3. The standard InChI is InChI=1S/C32H45FN2O5/c1-5-26(36)32(39)20(2)17-25-24-14-13-21-18-22(34-35-28(38)40-23-11-9-7-6-8-10-12-23)15-16-29(21,3)31(24,33)27(37)19-30(25,32)4/h9,11,15-16,18,20,23-25,27,37,39H,5-8,10,12-14,17,19H2,1-4H3,(H,35,38)/b11-9+,34-22+/t20-,23?,24+,25+,27+,29+,30+,31+,32+/m1/s1. The smallest absolute Gasteiger partial charge is 0.428 e. The number of halogens is 1. The van der Waals surface area contributed by atoms with Gasteiger partial charge in [0.1, 0.15) is 11.7 Å². The summed E-state index contributed by atoms with van der Waals surface area (Å²) in [6.45, 7) is 7.34. The van der Waals surface area contributed by atoms with Crippen molar-refractivity contribution < 1.29 is 28.9 Å². The van der Waals surface area contributed by atoms with E-state index >= 15 is 4.39 Å². The van der Waals surface area contributed by atoms with E-state index in [1.807, 2.05) is 32.9 Å². The fraction of sp³-hybridized carbons (Fsp3) is 0.719. The molecule has 0 aromatic heterocycles. The maximum absolute atomic E-state index is 17.5. The summed E-state index contributed by atoms with van der Waals surface area (Å²) in [6, 6.07) is 0. The van der Waals surface area contributed by atoms with E-state index in [0.717, 1.165) is 37.7 Å². The summed E-state index contributed by atoms with van der Waals surface area (Å²) in [5.74, 6) is -1.26. The second kappa shape index (κ2) is 10.5. The van der Waals surface area contributed by atoms with Crippen molar-refractivity contribution in [2.75, 3.05) is 0 Å². The minimum absolute atomic E-state index is 0.0257. The maximum Gasteiger partial charge on any atom is 0.428 e. The number of hydrogen-bond donors (Lipinski definition) is 3. The first-order chi connectivity index (χ1) is 18.9. The lowest BCUT2D eigenvalue weighted by Gasteiger charge is -2.62. The van der Waals surface area contributed by atoms with E-state index in [9.17, 15) is 19.8 Å². The molecule has 5 aliphatic carbocycles. The Bertz CT molecular complexity index is 1160. The molecular weight excluding hydrogens is 511 g/mol. The number of hydrazone groups is 1. The van der Waals surface area contributed by atoms with E-state index in [4.69, 9.17) is 4.74 Å². The first-order valence-electron chi connectivity index (χ1n) is 15.2. The molecular formula is C32H45FN2O5. The molecule has 0 spiro atoms. The van der Waals surface area contributed by atoms with Gasteiger partial charge in [-0.15, -0.1) is 0 Å². The highest BCUT2D eigenvalue weighted by Gasteiger charge is 2.75. The fourth-order valence-electron chi connectivity index (χ4n) is 8.99. The van der Waals surface area contributed by atoms with Crippen molar-refractivity contribution in [2.45, 2.75) is 115 Å². The first-order valence-corrected chi connectivity index (χ1v) is 15.2. The SMILES string of the molecule is CCC(=O)[C@@]1(O)[C@H](C)C[C@H]2[C@@H]3CCC4=C/C(=N/NC(=O)OC5/C=C/CCCCC5)C=C[C@]4(C)[C@@]3(F)[C@@H](O)C[C@@]21C. The molecule has 3 saturated carbocycles. The van der Waals surface area contributed by atoms with Crippen molar-refractivity contribution in [3.05, 3.63) is 36.0 Å². The largest absolute Gasteiger partial charge is 0.441 e. The lowest BCUT2D eigenvalue weighted by atomic mass is 9.44. The van der Waals surface area contributed by atoms with Gasteiger partial charge in [-0.05, 0) is 88.4 Å². The summed E-state index contributed by atoms with van der Waals surface area (Å²) in [7, 11) is 0. The number of nitrogens with one attached hydrogen (secondary N) is 1. The molecule has 1 unspecified atom stereocenters. The molecule has 0 saturated heterocycles. The van der Waals surface area contributed by atoms with Crippen LogP contribution in [0.25, 0.3) is 0 Å². The van der Waals surface area contributed by atoms with Crippen LogP contribution in [0.1, 0.15) is 91.9 Å². The average Bonchev–Trinajstić information content (AvgIpc) is 3.10. The Morgan fingerprint density at radius 1 is 1.20 bits per heavy atom. The number of carbonyl (C=O) groups is 2. The van der Waals surface area contributed by atoms with Crippen molar-refractivity contribution in [1.82, 2.24) is 5.43 Å². The van der Waals surface area contributed by atoms with Crippen LogP contribution in [-0.4, -0.2) is 51.3 Å². The van der Waals surface area contributed by atoms with E-state index in [-0.39, 0.29) is 36.6 Å².